The molecule has 1 aromatic heterocycles. The number of benzene rings is 1. The number of aromatic nitrogens is 2. The Bertz CT molecular complexity index is 931. The Morgan fingerprint density at radius 3 is 2.17 bits per heavy atom. The quantitative estimate of drug-likeness (QED) is 0.771. The Labute approximate surface area is 175 Å². The zero-order valence-corrected chi connectivity index (χ0v) is 17.3. The first-order valence-electron chi connectivity index (χ1n) is 10.5. The molecular weight excluding hydrogens is 380 g/mol. The van der Waals surface area contributed by atoms with Gasteiger partial charge in [-0.15, -0.1) is 0 Å². The molecule has 2 aromatic rings. The lowest BCUT2D eigenvalue weighted by Crippen LogP contribution is -2.49. The van der Waals surface area contributed by atoms with Crippen LogP contribution in [-0.4, -0.2) is 38.6 Å². The van der Waals surface area contributed by atoms with E-state index in [1.54, 1.807) is 0 Å². The molecule has 4 rings (SSSR count). The van der Waals surface area contributed by atoms with E-state index in [0.29, 0.717) is 12.8 Å². The van der Waals surface area contributed by atoms with Crippen LogP contribution in [-0.2, 0) is 20.8 Å². The number of aryl methyl sites for hydroxylation is 2. The summed E-state index contributed by atoms with van der Waals surface area (Å²) in [4.78, 5) is 49.3. The average molecular weight is 406 g/mol. The van der Waals surface area contributed by atoms with Crippen LogP contribution in [0, 0.1) is 25.7 Å². The maximum absolute atomic E-state index is 13.3. The second-order valence-electron chi connectivity index (χ2n) is 8.21. The van der Waals surface area contributed by atoms with Crippen LogP contribution in [0.5, 0.6) is 0 Å². The number of likely N-dealkylation sites (tertiary alicyclic amines) is 1. The van der Waals surface area contributed by atoms with E-state index in [2.05, 4.69) is 15.3 Å². The summed E-state index contributed by atoms with van der Waals surface area (Å²) in [6.07, 6.45) is 3.57. The first kappa shape index (κ1) is 20.2. The molecular formula is C23H26N4O3. The molecule has 0 radical (unpaired) electrons. The van der Waals surface area contributed by atoms with Crippen molar-refractivity contribution < 1.29 is 14.4 Å². The molecule has 30 heavy (non-hydrogen) atoms. The first-order chi connectivity index (χ1) is 14.4. The monoisotopic (exact) mass is 406 g/mol. The van der Waals surface area contributed by atoms with Gasteiger partial charge in [-0.25, -0.2) is 9.97 Å². The van der Waals surface area contributed by atoms with Gasteiger partial charge in [-0.1, -0.05) is 43.2 Å². The number of rotatable bonds is 5. The third-order valence-corrected chi connectivity index (χ3v) is 5.98. The minimum Gasteiger partial charge on any atom is -0.293 e. The summed E-state index contributed by atoms with van der Waals surface area (Å²) in [7, 11) is 0. The molecule has 2 fully saturated rings. The lowest BCUT2D eigenvalue weighted by Gasteiger charge is -2.26. The summed E-state index contributed by atoms with van der Waals surface area (Å²) in [5.41, 5.74) is 2.35. The smallest absolute Gasteiger partial charge is 0.250 e. The summed E-state index contributed by atoms with van der Waals surface area (Å²) in [6, 6.07) is 10.3. The van der Waals surface area contributed by atoms with Gasteiger partial charge in [-0.2, -0.15) is 0 Å². The predicted octanol–water partition coefficient (Wildman–Crippen LogP) is 2.82. The van der Waals surface area contributed by atoms with E-state index in [1.165, 1.54) is 4.90 Å². The minimum atomic E-state index is -0.928. The van der Waals surface area contributed by atoms with E-state index >= 15 is 0 Å². The normalized spacial score (nSPS) is 22.0. The maximum Gasteiger partial charge on any atom is 0.250 e. The predicted molar refractivity (Wildman–Crippen MR) is 111 cm³/mol. The molecule has 1 aliphatic carbocycles. The molecule has 2 heterocycles. The zero-order chi connectivity index (χ0) is 21.3. The fourth-order valence-corrected chi connectivity index (χ4v) is 4.61. The molecule has 1 N–H and O–H groups in total. The van der Waals surface area contributed by atoms with Crippen LogP contribution in [0.15, 0.2) is 36.4 Å². The summed E-state index contributed by atoms with van der Waals surface area (Å²) >= 11 is 0. The highest BCUT2D eigenvalue weighted by Crippen LogP contribution is 2.39. The van der Waals surface area contributed by atoms with Crippen LogP contribution < -0.4 is 5.32 Å². The number of carbonyl (C=O) groups is 3. The zero-order valence-electron chi connectivity index (χ0n) is 17.3. The number of carbonyl (C=O) groups excluding carboxylic acids is 3. The molecule has 3 atom stereocenters. The summed E-state index contributed by atoms with van der Waals surface area (Å²) in [6.45, 7) is 3.65. The van der Waals surface area contributed by atoms with Crippen molar-refractivity contribution in [3.05, 3.63) is 53.3 Å². The highest BCUT2D eigenvalue weighted by atomic mass is 16.2. The van der Waals surface area contributed by atoms with Crippen molar-refractivity contribution in [1.82, 2.24) is 14.9 Å². The van der Waals surface area contributed by atoms with E-state index in [4.69, 9.17) is 0 Å². The number of fused-ring (bicyclic) bond motifs is 1. The van der Waals surface area contributed by atoms with Crippen LogP contribution >= 0.6 is 0 Å². The van der Waals surface area contributed by atoms with Gasteiger partial charge >= 0.3 is 0 Å². The van der Waals surface area contributed by atoms with Crippen molar-refractivity contribution in [2.45, 2.75) is 52.0 Å². The highest BCUT2D eigenvalue weighted by molar-refractivity contribution is 6.09. The van der Waals surface area contributed by atoms with E-state index < -0.39 is 11.9 Å². The molecule has 2 aliphatic rings. The minimum absolute atomic E-state index is 0.187. The maximum atomic E-state index is 13.3. The average Bonchev–Trinajstić information content (AvgIpc) is 2.97. The topological polar surface area (TPSA) is 92.3 Å². The van der Waals surface area contributed by atoms with E-state index in [-0.39, 0.29) is 36.0 Å². The SMILES string of the molecule is Cc1cc(C)nc(NC(=O)[C@H](Cc2ccccc2)N2C(=O)[C@@H]3CCCC[C@H]3C2=O)n1. The fraction of sp³-hybridized carbons (Fsp3) is 0.435. The van der Waals surface area contributed by atoms with Crippen molar-refractivity contribution in [2.75, 3.05) is 5.32 Å². The van der Waals surface area contributed by atoms with E-state index in [0.717, 1.165) is 29.8 Å². The molecule has 156 valence electrons. The Morgan fingerprint density at radius 1 is 1.03 bits per heavy atom. The van der Waals surface area contributed by atoms with Crippen LogP contribution in [0.4, 0.5) is 5.95 Å². The van der Waals surface area contributed by atoms with Gasteiger partial charge in [0.05, 0.1) is 11.8 Å². The largest absolute Gasteiger partial charge is 0.293 e. The van der Waals surface area contributed by atoms with Crippen molar-refractivity contribution in [3.8, 4) is 0 Å². The number of nitrogens with zero attached hydrogens (tertiary/aromatic N) is 3. The Morgan fingerprint density at radius 2 is 1.60 bits per heavy atom. The summed E-state index contributed by atoms with van der Waals surface area (Å²) < 4.78 is 0. The van der Waals surface area contributed by atoms with Gasteiger partial charge < -0.3 is 0 Å². The Balaban J connectivity index is 1.64. The second kappa shape index (κ2) is 8.34. The molecule has 0 bridgehead atoms. The van der Waals surface area contributed by atoms with Crippen LogP contribution in [0.3, 0.4) is 0 Å². The number of nitrogens with one attached hydrogen (secondary N) is 1. The van der Waals surface area contributed by atoms with Crippen LogP contribution in [0.25, 0.3) is 0 Å². The second-order valence-corrected chi connectivity index (χ2v) is 8.21. The van der Waals surface area contributed by atoms with Gasteiger partial charge in [0, 0.05) is 17.8 Å². The molecule has 1 saturated heterocycles. The van der Waals surface area contributed by atoms with Crippen molar-refractivity contribution in [3.63, 3.8) is 0 Å². The van der Waals surface area contributed by atoms with Crippen molar-refractivity contribution in [1.29, 1.82) is 0 Å². The molecule has 7 nitrogen and oxygen atoms in total. The lowest BCUT2D eigenvalue weighted by molar-refractivity contribution is -0.146. The molecule has 3 amide bonds. The van der Waals surface area contributed by atoms with Gasteiger partial charge in [0.15, 0.2) is 0 Å². The first-order valence-corrected chi connectivity index (χ1v) is 10.5. The van der Waals surface area contributed by atoms with E-state index in [1.807, 2.05) is 50.2 Å². The molecule has 0 unspecified atom stereocenters. The number of hydrogen-bond acceptors (Lipinski definition) is 5. The molecule has 1 aromatic carbocycles. The number of hydrogen-bond donors (Lipinski definition) is 1. The Hall–Kier alpha value is -3.09. The van der Waals surface area contributed by atoms with Crippen molar-refractivity contribution >= 4 is 23.7 Å². The number of anilines is 1. The number of amides is 3. The lowest BCUT2D eigenvalue weighted by atomic mass is 9.81. The van der Waals surface area contributed by atoms with Gasteiger partial charge in [0.25, 0.3) is 0 Å². The standard InChI is InChI=1S/C23H26N4O3/c1-14-12-15(2)25-23(24-14)26-20(28)19(13-16-8-4-3-5-9-16)27-21(29)17-10-6-7-11-18(17)22(27)30/h3-5,8-9,12,17-19H,6-7,10-11,13H2,1-2H3,(H,24,25,26,28)/t17-,18-,19+/m1/s1. The van der Waals surface area contributed by atoms with Crippen molar-refractivity contribution in [2.24, 2.45) is 11.8 Å². The third kappa shape index (κ3) is 3.97. The van der Waals surface area contributed by atoms with E-state index in [9.17, 15) is 14.4 Å². The summed E-state index contributed by atoms with van der Waals surface area (Å²) in [5, 5.41) is 2.74. The highest BCUT2D eigenvalue weighted by Gasteiger charge is 2.51. The summed E-state index contributed by atoms with van der Waals surface area (Å²) in [5.74, 6) is -1.29. The molecule has 1 saturated carbocycles. The van der Waals surface area contributed by atoms with Crippen LogP contribution in [0.1, 0.15) is 42.6 Å². The van der Waals surface area contributed by atoms with Gasteiger partial charge in [0.1, 0.15) is 6.04 Å². The fourth-order valence-electron chi connectivity index (χ4n) is 4.61. The van der Waals surface area contributed by atoms with Gasteiger partial charge in [-0.3, -0.25) is 24.6 Å². The van der Waals surface area contributed by atoms with Gasteiger partial charge in [-0.05, 0) is 38.3 Å². The molecule has 1 aliphatic heterocycles. The molecule has 7 heteroatoms. The van der Waals surface area contributed by atoms with Crippen LogP contribution in [0.2, 0.25) is 0 Å². The van der Waals surface area contributed by atoms with Gasteiger partial charge in [0.2, 0.25) is 23.7 Å². The molecule has 0 spiro atoms. The third-order valence-electron chi connectivity index (χ3n) is 5.98. The Kier molecular flexibility index (Phi) is 5.61. The number of imide groups is 1.